The largest absolute Gasteiger partial charge is 0.481 e. The average molecular weight is 509 g/mol. The number of esters is 1. The maximum absolute atomic E-state index is 12.6. The van der Waals surface area contributed by atoms with Gasteiger partial charge in [0.05, 0.1) is 0 Å². The Bertz CT molecular complexity index is 949. The molecule has 0 aliphatic carbocycles. The zero-order valence-corrected chi connectivity index (χ0v) is 20.4. The number of ether oxygens (including phenoxy) is 2. The van der Waals surface area contributed by atoms with Crippen molar-refractivity contribution < 1.29 is 43.3 Å². The molecule has 4 amide bonds. The number of nitrogens with two attached hydrogens (primary N) is 1. The van der Waals surface area contributed by atoms with Crippen LogP contribution in [0.15, 0.2) is 24.3 Å². The van der Waals surface area contributed by atoms with E-state index >= 15 is 0 Å². The van der Waals surface area contributed by atoms with E-state index in [1.807, 2.05) is 0 Å². The maximum atomic E-state index is 12.6. The van der Waals surface area contributed by atoms with Gasteiger partial charge in [-0.1, -0.05) is 12.1 Å². The van der Waals surface area contributed by atoms with Crippen LogP contribution in [0.4, 0.5) is 4.79 Å². The summed E-state index contributed by atoms with van der Waals surface area (Å²) in [5.74, 6) is -3.36. The van der Waals surface area contributed by atoms with E-state index < -0.39 is 47.8 Å². The van der Waals surface area contributed by atoms with Crippen molar-refractivity contribution in [3.8, 4) is 5.75 Å². The fourth-order valence-corrected chi connectivity index (χ4v) is 2.86. The number of nitrogens with one attached hydrogen (secondary N) is 2. The molecule has 2 atom stereocenters. The van der Waals surface area contributed by atoms with E-state index in [1.165, 1.54) is 37.9 Å². The third-order valence-electron chi connectivity index (χ3n) is 4.79. The number of carboxylic acids is 1. The summed E-state index contributed by atoms with van der Waals surface area (Å²) >= 11 is 0. The number of carboxylic acid groups (broad SMARTS) is 1. The number of carbonyl (C=O) groups excluding carboxylic acids is 5. The zero-order valence-electron chi connectivity index (χ0n) is 20.4. The van der Waals surface area contributed by atoms with Crippen LogP contribution in [-0.2, 0) is 35.3 Å². The van der Waals surface area contributed by atoms with Crippen LogP contribution in [0.2, 0.25) is 0 Å². The lowest BCUT2D eigenvalue weighted by Crippen LogP contribution is -2.51. The smallest absolute Gasteiger partial charge is 0.409 e. The monoisotopic (exact) mass is 508 g/mol. The van der Waals surface area contributed by atoms with Crippen LogP contribution < -0.4 is 21.1 Å². The predicted molar refractivity (Wildman–Crippen MR) is 125 cm³/mol. The molecule has 0 heterocycles. The van der Waals surface area contributed by atoms with Crippen LogP contribution in [0.25, 0.3) is 0 Å². The van der Waals surface area contributed by atoms with E-state index in [-0.39, 0.29) is 38.2 Å². The molecule has 0 saturated carbocycles. The van der Waals surface area contributed by atoms with Crippen LogP contribution in [0.3, 0.4) is 0 Å². The number of amides is 4. The summed E-state index contributed by atoms with van der Waals surface area (Å²) in [5, 5.41) is 13.5. The molecule has 1 aromatic carbocycles. The average Bonchev–Trinajstić information content (AvgIpc) is 2.79. The standard InChI is InChI=1S/C23H32N4O9/c1-14(25-15(2)28)21(32)26-18(10-11-19(24)29)22(33)36-17-8-6-16(7-9-17)13-35-23(34)27(3)12-4-5-20(30)31/h6-9,14,18H,4-5,10-13H2,1-3H3,(H2,24,29)(H,25,28)(H,26,32)(H,30,31). The molecule has 198 valence electrons. The normalized spacial score (nSPS) is 12.0. The van der Waals surface area contributed by atoms with Crippen molar-refractivity contribution in [1.29, 1.82) is 0 Å². The van der Waals surface area contributed by atoms with Gasteiger partial charge in [-0.25, -0.2) is 9.59 Å². The lowest BCUT2D eigenvalue weighted by Gasteiger charge is -2.20. The molecule has 36 heavy (non-hydrogen) atoms. The highest BCUT2D eigenvalue weighted by atomic mass is 16.6. The molecule has 0 radical (unpaired) electrons. The SMILES string of the molecule is CC(=O)NC(C)C(=O)NC(CCC(N)=O)C(=O)Oc1ccc(COC(=O)N(C)CCCC(=O)O)cc1. The number of hydrogen-bond acceptors (Lipinski definition) is 8. The molecule has 0 fully saturated rings. The number of benzene rings is 1. The van der Waals surface area contributed by atoms with Crippen LogP contribution >= 0.6 is 0 Å². The second-order valence-corrected chi connectivity index (χ2v) is 8.03. The van der Waals surface area contributed by atoms with Crippen LogP contribution in [0, 0.1) is 0 Å². The summed E-state index contributed by atoms with van der Waals surface area (Å²) in [5.41, 5.74) is 5.75. The van der Waals surface area contributed by atoms with Gasteiger partial charge < -0.3 is 35.8 Å². The Kier molecular flexibility index (Phi) is 12.4. The third kappa shape index (κ3) is 11.8. The summed E-state index contributed by atoms with van der Waals surface area (Å²) in [6, 6.07) is 3.96. The molecular weight excluding hydrogens is 476 g/mol. The molecule has 1 aromatic rings. The van der Waals surface area contributed by atoms with Gasteiger partial charge in [0, 0.05) is 33.4 Å². The molecule has 0 aromatic heterocycles. The van der Waals surface area contributed by atoms with Crippen molar-refractivity contribution in [2.45, 2.75) is 58.2 Å². The number of rotatable bonds is 14. The maximum Gasteiger partial charge on any atom is 0.409 e. The van der Waals surface area contributed by atoms with E-state index in [9.17, 15) is 28.8 Å². The molecule has 0 aliphatic rings. The molecule has 13 nitrogen and oxygen atoms in total. The fourth-order valence-electron chi connectivity index (χ4n) is 2.86. The minimum absolute atomic E-state index is 0.0564. The Labute approximate surface area is 208 Å². The summed E-state index contributed by atoms with van der Waals surface area (Å²) in [7, 11) is 1.50. The highest BCUT2D eigenvalue weighted by molar-refractivity contribution is 5.90. The summed E-state index contributed by atoms with van der Waals surface area (Å²) in [6.07, 6.45) is -0.644. The molecule has 0 saturated heterocycles. The summed E-state index contributed by atoms with van der Waals surface area (Å²) in [4.78, 5) is 71.0. The van der Waals surface area contributed by atoms with E-state index in [4.69, 9.17) is 20.3 Å². The van der Waals surface area contributed by atoms with Crippen molar-refractivity contribution in [3.63, 3.8) is 0 Å². The van der Waals surface area contributed by atoms with Gasteiger partial charge in [0.25, 0.3) is 0 Å². The highest BCUT2D eigenvalue weighted by Gasteiger charge is 2.26. The minimum Gasteiger partial charge on any atom is -0.481 e. The van der Waals surface area contributed by atoms with Gasteiger partial charge in [-0.05, 0) is 37.5 Å². The Morgan fingerprint density at radius 1 is 1.06 bits per heavy atom. The first-order valence-corrected chi connectivity index (χ1v) is 11.1. The van der Waals surface area contributed by atoms with Gasteiger partial charge in [-0.15, -0.1) is 0 Å². The van der Waals surface area contributed by atoms with Gasteiger partial charge in [-0.3, -0.25) is 19.2 Å². The quantitative estimate of drug-likeness (QED) is 0.202. The van der Waals surface area contributed by atoms with Crippen LogP contribution in [0.1, 0.15) is 45.1 Å². The lowest BCUT2D eigenvalue weighted by molar-refractivity contribution is -0.140. The highest BCUT2D eigenvalue weighted by Crippen LogP contribution is 2.15. The van der Waals surface area contributed by atoms with Gasteiger partial charge in [0.15, 0.2) is 0 Å². The first-order chi connectivity index (χ1) is 16.9. The van der Waals surface area contributed by atoms with Gasteiger partial charge in [0.2, 0.25) is 17.7 Å². The van der Waals surface area contributed by atoms with Gasteiger partial charge in [0.1, 0.15) is 24.4 Å². The van der Waals surface area contributed by atoms with Crippen molar-refractivity contribution in [2.24, 2.45) is 5.73 Å². The first-order valence-electron chi connectivity index (χ1n) is 11.1. The summed E-state index contributed by atoms with van der Waals surface area (Å²) < 4.78 is 10.5. The molecular formula is C23H32N4O9. The number of primary amides is 1. The second kappa shape index (κ2) is 15.0. The fraction of sp³-hybridized carbons (Fsp3) is 0.478. The van der Waals surface area contributed by atoms with E-state index in [0.29, 0.717) is 12.0 Å². The third-order valence-corrected chi connectivity index (χ3v) is 4.79. The predicted octanol–water partition coefficient (Wildman–Crippen LogP) is 0.300. The number of aliphatic carboxylic acids is 1. The molecule has 13 heteroatoms. The van der Waals surface area contributed by atoms with Gasteiger partial charge >= 0.3 is 18.0 Å². The van der Waals surface area contributed by atoms with E-state index in [0.717, 1.165) is 0 Å². The Morgan fingerprint density at radius 3 is 2.25 bits per heavy atom. The topological polar surface area (TPSA) is 194 Å². The number of carbonyl (C=O) groups is 6. The summed E-state index contributed by atoms with van der Waals surface area (Å²) in [6.45, 7) is 2.85. The van der Waals surface area contributed by atoms with Gasteiger partial charge in [-0.2, -0.15) is 0 Å². The van der Waals surface area contributed by atoms with Crippen LogP contribution in [-0.4, -0.2) is 71.4 Å². The minimum atomic E-state index is -1.18. The Balaban J connectivity index is 2.67. The molecule has 5 N–H and O–H groups in total. The zero-order chi connectivity index (χ0) is 27.3. The lowest BCUT2D eigenvalue weighted by atomic mass is 10.1. The Hall–Kier alpha value is -4.16. The molecule has 1 rings (SSSR count). The number of hydrogen-bond donors (Lipinski definition) is 4. The molecule has 0 bridgehead atoms. The number of nitrogens with zero attached hydrogens (tertiary/aromatic N) is 1. The van der Waals surface area contributed by atoms with Crippen molar-refractivity contribution in [2.75, 3.05) is 13.6 Å². The molecule has 2 unspecified atom stereocenters. The molecule has 0 spiro atoms. The second-order valence-electron chi connectivity index (χ2n) is 8.03. The van der Waals surface area contributed by atoms with E-state index in [1.54, 1.807) is 12.1 Å². The van der Waals surface area contributed by atoms with Crippen molar-refractivity contribution >= 4 is 35.8 Å². The van der Waals surface area contributed by atoms with Crippen molar-refractivity contribution in [3.05, 3.63) is 29.8 Å². The molecule has 0 aliphatic heterocycles. The first kappa shape index (κ1) is 29.9. The Morgan fingerprint density at radius 2 is 1.69 bits per heavy atom. The van der Waals surface area contributed by atoms with Crippen LogP contribution in [0.5, 0.6) is 5.75 Å². The van der Waals surface area contributed by atoms with E-state index in [2.05, 4.69) is 10.6 Å². The van der Waals surface area contributed by atoms with Crippen molar-refractivity contribution in [1.82, 2.24) is 15.5 Å².